The van der Waals surface area contributed by atoms with E-state index >= 15 is 0 Å². The molecule has 0 N–H and O–H groups in total. The fourth-order valence-electron chi connectivity index (χ4n) is 2.62. The third kappa shape index (κ3) is 2.73. The van der Waals surface area contributed by atoms with Crippen LogP contribution in [-0.2, 0) is 9.59 Å². The first kappa shape index (κ1) is 13.9. The van der Waals surface area contributed by atoms with Gasteiger partial charge in [0.05, 0.1) is 19.0 Å². The molecule has 0 saturated carbocycles. The van der Waals surface area contributed by atoms with E-state index in [1.807, 2.05) is 13.8 Å². The zero-order chi connectivity index (χ0) is 14.2. The number of amides is 2. The molecule has 1 atom stereocenters. The highest BCUT2D eigenvalue weighted by atomic mass is 19.1. The predicted octanol–water partition coefficient (Wildman–Crippen LogP) is 0.675. The number of likely N-dealkylation sites (tertiary alicyclic amines) is 2. The Kier molecular flexibility index (Phi) is 3.53. The maximum absolute atomic E-state index is 13.6. The van der Waals surface area contributed by atoms with Crippen molar-refractivity contribution in [2.45, 2.75) is 25.9 Å². The van der Waals surface area contributed by atoms with Crippen LogP contribution in [0.25, 0.3) is 0 Å². The Labute approximate surface area is 112 Å². The molecular weight excluding hydrogens is 247 g/mol. The molecule has 2 heterocycles. The highest BCUT2D eigenvalue weighted by Crippen LogP contribution is 2.29. The Bertz CT molecular complexity index is 435. The predicted molar refractivity (Wildman–Crippen MR) is 68.8 cm³/mol. The first-order valence-electron chi connectivity index (χ1n) is 6.58. The van der Waals surface area contributed by atoms with E-state index in [2.05, 4.69) is 5.92 Å². The van der Waals surface area contributed by atoms with Crippen molar-refractivity contribution in [1.82, 2.24) is 9.80 Å². The summed E-state index contributed by atoms with van der Waals surface area (Å²) in [7, 11) is 0. The van der Waals surface area contributed by atoms with E-state index in [-0.39, 0.29) is 37.2 Å². The molecule has 2 aliphatic heterocycles. The van der Waals surface area contributed by atoms with Crippen molar-refractivity contribution < 1.29 is 14.0 Å². The zero-order valence-corrected chi connectivity index (χ0v) is 11.4. The van der Waals surface area contributed by atoms with Crippen LogP contribution in [0.15, 0.2) is 0 Å². The van der Waals surface area contributed by atoms with Crippen molar-refractivity contribution in [3.63, 3.8) is 0 Å². The number of alkyl halides is 1. The molecule has 0 aromatic carbocycles. The van der Waals surface area contributed by atoms with Crippen molar-refractivity contribution in [2.75, 3.05) is 26.2 Å². The van der Waals surface area contributed by atoms with Crippen LogP contribution in [0.5, 0.6) is 0 Å². The van der Waals surface area contributed by atoms with Crippen molar-refractivity contribution in [2.24, 2.45) is 11.8 Å². The standard InChI is InChI=1S/C14H19FN2O2/c1-4-14(15)8-17(9-14)13(19)11-5-12(18)16(7-11)6-10(2)3/h1,10-11H,5-9H2,2-3H3. The van der Waals surface area contributed by atoms with E-state index in [0.29, 0.717) is 19.0 Å². The topological polar surface area (TPSA) is 40.6 Å². The lowest BCUT2D eigenvalue weighted by atomic mass is 9.94. The number of hydrogen-bond donors (Lipinski definition) is 0. The van der Waals surface area contributed by atoms with Crippen LogP contribution in [0.2, 0.25) is 0 Å². The molecule has 0 aromatic heterocycles. The molecule has 2 rings (SSSR count). The maximum atomic E-state index is 13.6. The molecule has 0 aromatic rings. The van der Waals surface area contributed by atoms with Crippen molar-refractivity contribution in [3.05, 3.63) is 0 Å². The van der Waals surface area contributed by atoms with Gasteiger partial charge in [-0.05, 0) is 5.92 Å². The molecule has 2 fully saturated rings. The Morgan fingerprint density at radius 2 is 2.21 bits per heavy atom. The molecule has 1 unspecified atom stereocenters. The summed E-state index contributed by atoms with van der Waals surface area (Å²) in [6, 6.07) is 0. The van der Waals surface area contributed by atoms with Gasteiger partial charge in [-0.25, -0.2) is 4.39 Å². The number of halogens is 1. The molecule has 104 valence electrons. The quantitative estimate of drug-likeness (QED) is 0.705. The SMILES string of the molecule is C#CC1(F)CN(C(=O)C2CC(=O)N(CC(C)C)C2)C1. The van der Waals surface area contributed by atoms with E-state index in [9.17, 15) is 14.0 Å². The van der Waals surface area contributed by atoms with Gasteiger partial charge in [0.2, 0.25) is 17.5 Å². The van der Waals surface area contributed by atoms with Gasteiger partial charge in [-0.15, -0.1) is 6.42 Å². The average molecular weight is 266 g/mol. The van der Waals surface area contributed by atoms with Crippen LogP contribution >= 0.6 is 0 Å². The lowest BCUT2D eigenvalue weighted by Gasteiger charge is -2.42. The molecular formula is C14H19FN2O2. The third-order valence-corrected chi connectivity index (χ3v) is 3.60. The average Bonchev–Trinajstić information content (AvgIpc) is 2.65. The van der Waals surface area contributed by atoms with Gasteiger partial charge in [-0.2, -0.15) is 0 Å². The van der Waals surface area contributed by atoms with Gasteiger partial charge in [0.1, 0.15) is 0 Å². The molecule has 4 nitrogen and oxygen atoms in total. The largest absolute Gasteiger partial charge is 0.342 e. The summed E-state index contributed by atoms with van der Waals surface area (Å²) >= 11 is 0. The van der Waals surface area contributed by atoms with Crippen LogP contribution in [0.4, 0.5) is 4.39 Å². The van der Waals surface area contributed by atoms with Gasteiger partial charge in [0, 0.05) is 19.5 Å². The van der Waals surface area contributed by atoms with E-state index in [4.69, 9.17) is 6.42 Å². The monoisotopic (exact) mass is 266 g/mol. The van der Waals surface area contributed by atoms with E-state index in [0.717, 1.165) is 0 Å². The van der Waals surface area contributed by atoms with Crippen molar-refractivity contribution in [1.29, 1.82) is 0 Å². The highest BCUT2D eigenvalue weighted by Gasteiger charge is 2.47. The van der Waals surface area contributed by atoms with Gasteiger partial charge in [-0.1, -0.05) is 19.8 Å². The fraction of sp³-hybridized carbons (Fsp3) is 0.714. The molecule has 2 saturated heterocycles. The minimum atomic E-state index is -1.67. The molecule has 0 bridgehead atoms. The normalized spacial score (nSPS) is 25.4. The van der Waals surface area contributed by atoms with E-state index in [1.165, 1.54) is 4.90 Å². The Balaban J connectivity index is 1.89. The molecule has 0 radical (unpaired) electrons. The summed E-state index contributed by atoms with van der Waals surface area (Å²) in [5.74, 6) is 1.96. The second-order valence-corrected chi connectivity index (χ2v) is 5.90. The molecule has 2 amide bonds. The van der Waals surface area contributed by atoms with Crippen LogP contribution in [0, 0.1) is 24.2 Å². The lowest BCUT2D eigenvalue weighted by molar-refractivity contribution is -0.145. The summed E-state index contributed by atoms with van der Waals surface area (Å²) in [5, 5.41) is 0. The molecule has 0 aliphatic carbocycles. The Morgan fingerprint density at radius 3 is 2.74 bits per heavy atom. The third-order valence-electron chi connectivity index (χ3n) is 3.60. The maximum Gasteiger partial charge on any atom is 0.228 e. The smallest absolute Gasteiger partial charge is 0.228 e. The van der Waals surface area contributed by atoms with Gasteiger partial charge >= 0.3 is 0 Å². The van der Waals surface area contributed by atoms with Crippen LogP contribution < -0.4 is 0 Å². The first-order chi connectivity index (χ1) is 8.84. The number of carbonyl (C=O) groups is 2. The summed E-state index contributed by atoms with van der Waals surface area (Å²) < 4.78 is 13.6. The van der Waals surface area contributed by atoms with Crippen LogP contribution in [0.3, 0.4) is 0 Å². The second-order valence-electron chi connectivity index (χ2n) is 5.90. The Hall–Kier alpha value is -1.57. The van der Waals surface area contributed by atoms with E-state index < -0.39 is 5.67 Å². The minimum Gasteiger partial charge on any atom is -0.342 e. The van der Waals surface area contributed by atoms with Gasteiger partial charge in [0.15, 0.2) is 0 Å². The Morgan fingerprint density at radius 1 is 1.58 bits per heavy atom. The highest BCUT2D eigenvalue weighted by molar-refractivity contribution is 5.89. The van der Waals surface area contributed by atoms with Gasteiger partial charge < -0.3 is 9.80 Å². The second kappa shape index (κ2) is 4.84. The number of terminal acetylenes is 1. The van der Waals surface area contributed by atoms with Crippen LogP contribution in [0.1, 0.15) is 20.3 Å². The number of rotatable bonds is 3. The molecule has 0 spiro atoms. The number of carbonyl (C=O) groups excluding carboxylic acids is 2. The van der Waals surface area contributed by atoms with Crippen LogP contribution in [-0.4, -0.2) is 53.5 Å². The van der Waals surface area contributed by atoms with Gasteiger partial charge in [0.25, 0.3) is 0 Å². The molecule has 2 aliphatic rings. The first-order valence-corrected chi connectivity index (χ1v) is 6.58. The van der Waals surface area contributed by atoms with Gasteiger partial charge in [-0.3, -0.25) is 9.59 Å². The van der Waals surface area contributed by atoms with E-state index in [1.54, 1.807) is 4.90 Å². The molecule has 5 heteroatoms. The minimum absolute atomic E-state index is 0.0102. The molecule has 19 heavy (non-hydrogen) atoms. The van der Waals surface area contributed by atoms with Crippen molar-refractivity contribution >= 4 is 11.8 Å². The summed E-state index contributed by atoms with van der Waals surface area (Å²) in [5.41, 5.74) is -1.67. The van der Waals surface area contributed by atoms with Crippen molar-refractivity contribution in [3.8, 4) is 12.3 Å². The fourth-order valence-corrected chi connectivity index (χ4v) is 2.62. The summed E-state index contributed by atoms with van der Waals surface area (Å²) in [6.45, 7) is 5.08. The zero-order valence-electron chi connectivity index (χ0n) is 11.4. The number of hydrogen-bond acceptors (Lipinski definition) is 2. The summed E-state index contributed by atoms with van der Waals surface area (Å²) in [4.78, 5) is 27.0. The number of nitrogens with zero attached hydrogens (tertiary/aromatic N) is 2. The summed E-state index contributed by atoms with van der Waals surface area (Å²) in [6.07, 6.45) is 5.29. The lowest BCUT2D eigenvalue weighted by Crippen LogP contribution is -2.61.